The van der Waals surface area contributed by atoms with Gasteiger partial charge < -0.3 is 8.98 Å². The van der Waals surface area contributed by atoms with Gasteiger partial charge in [0, 0.05) is 18.0 Å². The number of hydrogen-bond donors (Lipinski definition) is 2. The average Bonchev–Trinajstić information content (AvgIpc) is 3.17. The summed E-state index contributed by atoms with van der Waals surface area (Å²) in [6.45, 7) is 0.488. The van der Waals surface area contributed by atoms with E-state index >= 15 is 0 Å². The number of nitrogen functional groups attached to an aromatic ring is 1. The summed E-state index contributed by atoms with van der Waals surface area (Å²) in [5.74, 6) is 6.22. The topological polar surface area (TPSA) is 86.1 Å². The number of furan rings is 1. The van der Waals surface area contributed by atoms with E-state index in [1.54, 1.807) is 12.3 Å². The second-order valence-electron chi connectivity index (χ2n) is 4.52. The quantitative estimate of drug-likeness (QED) is 0.434. The molecule has 106 valence electrons. The largest absolute Gasteiger partial charge is 0.467 e. The van der Waals surface area contributed by atoms with E-state index in [0.29, 0.717) is 17.9 Å². The predicted octanol–water partition coefficient (Wildman–Crippen LogP) is 1.79. The first-order valence-electron chi connectivity index (χ1n) is 6.43. The van der Waals surface area contributed by atoms with Crippen LogP contribution in [0.3, 0.4) is 0 Å². The van der Waals surface area contributed by atoms with Crippen LogP contribution < -0.4 is 11.3 Å². The third-order valence-electron chi connectivity index (χ3n) is 3.12. The van der Waals surface area contributed by atoms with Crippen molar-refractivity contribution in [2.45, 2.75) is 6.54 Å². The van der Waals surface area contributed by atoms with Crippen LogP contribution in [0.1, 0.15) is 16.1 Å². The maximum absolute atomic E-state index is 11.4. The number of benzene rings is 1. The smallest absolute Gasteiger partial charge is 0.268 e. The highest BCUT2D eigenvalue weighted by atomic mass is 16.3. The van der Waals surface area contributed by atoms with Gasteiger partial charge >= 0.3 is 0 Å². The Morgan fingerprint density at radius 2 is 2.14 bits per heavy atom. The van der Waals surface area contributed by atoms with Crippen LogP contribution in [0.5, 0.6) is 0 Å². The predicted molar refractivity (Wildman–Crippen MR) is 77.1 cm³/mol. The van der Waals surface area contributed by atoms with E-state index in [2.05, 4.69) is 10.4 Å². The summed E-state index contributed by atoms with van der Waals surface area (Å²) in [5, 5.41) is 0. The lowest BCUT2D eigenvalue weighted by Crippen LogP contribution is -2.29. The minimum Gasteiger partial charge on any atom is -0.467 e. The fourth-order valence-electron chi connectivity index (χ4n) is 2.12. The number of hydrazine groups is 1. The molecule has 0 bridgehead atoms. The molecule has 0 unspecified atom stereocenters. The van der Waals surface area contributed by atoms with Gasteiger partial charge in [-0.2, -0.15) is 0 Å². The molecule has 1 aromatic carbocycles. The highest BCUT2D eigenvalue weighted by Gasteiger charge is 2.11. The van der Waals surface area contributed by atoms with Gasteiger partial charge in [-0.05, 0) is 6.07 Å². The zero-order valence-corrected chi connectivity index (χ0v) is 11.2. The number of carbonyl (C=O) groups is 1. The first-order chi connectivity index (χ1) is 10.3. The Labute approximate surface area is 121 Å². The average molecular weight is 282 g/mol. The highest BCUT2D eigenvalue weighted by Crippen LogP contribution is 2.19. The number of imidazole rings is 1. The Morgan fingerprint density at radius 1 is 1.33 bits per heavy atom. The molecule has 6 heteroatoms. The van der Waals surface area contributed by atoms with Crippen LogP contribution >= 0.6 is 0 Å². The second kappa shape index (κ2) is 5.64. The highest BCUT2D eigenvalue weighted by molar-refractivity contribution is 5.93. The Morgan fingerprint density at radius 3 is 2.90 bits per heavy atom. The molecular formula is C15H14N4O2. The van der Waals surface area contributed by atoms with E-state index in [1.807, 2.05) is 41.1 Å². The number of carbonyl (C=O) groups excluding carboxylic acids is 1. The summed E-state index contributed by atoms with van der Waals surface area (Å²) in [5.41, 5.74) is 3.49. The lowest BCUT2D eigenvalue weighted by molar-refractivity contribution is 0.0953. The van der Waals surface area contributed by atoms with Crippen LogP contribution in [0.25, 0.3) is 11.4 Å². The Hall–Kier alpha value is -2.86. The Kier molecular flexibility index (Phi) is 3.53. The number of hydrogen-bond acceptors (Lipinski definition) is 4. The van der Waals surface area contributed by atoms with E-state index < -0.39 is 0 Å². The number of aromatic nitrogens is 2. The molecule has 21 heavy (non-hydrogen) atoms. The van der Waals surface area contributed by atoms with Crippen LogP contribution in [-0.4, -0.2) is 15.5 Å². The molecule has 0 aliphatic rings. The van der Waals surface area contributed by atoms with Crippen molar-refractivity contribution in [3.63, 3.8) is 0 Å². The summed E-state index contributed by atoms with van der Waals surface area (Å²) in [7, 11) is 0. The Balaban J connectivity index is 1.85. The molecule has 2 heterocycles. The normalized spacial score (nSPS) is 10.5. The number of amides is 1. The maximum atomic E-state index is 11.4. The molecule has 0 radical (unpaired) electrons. The summed E-state index contributed by atoms with van der Waals surface area (Å²) in [6, 6.07) is 11.5. The molecule has 2 aromatic heterocycles. The summed E-state index contributed by atoms with van der Waals surface area (Å²) in [6.07, 6.45) is 4.99. The van der Waals surface area contributed by atoms with Gasteiger partial charge in [0.15, 0.2) is 0 Å². The molecule has 0 aliphatic heterocycles. The van der Waals surface area contributed by atoms with Crippen molar-refractivity contribution in [2.75, 3.05) is 0 Å². The molecule has 0 spiro atoms. The molecule has 1 amide bonds. The summed E-state index contributed by atoms with van der Waals surface area (Å²) >= 11 is 0. The van der Waals surface area contributed by atoms with Crippen molar-refractivity contribution in [1.82, 2.24) is 15.0 Å². The first kappa shape index (κ1) is 13.1. The van der Waals surface area contributed by atoms with Crippen molar-refractivity contribution in [2.24, 2.45) is 5.84 Å². The SMILES string of the molecule is NNC(=O)c1coc(Cn2ccnc2-c2ccccc2)c1. The molecule has 3 aromatic rings. The molecule has 6 nitrogen and oxygen atoms in total. The lowest BCUT2D eigenvalue weighted by Gasteiger charge is -2.05. The van der Waals surface area contributed by atoms with Crippen molar-refractivity contribution >= 4 is 5.91 Å². The van der Waals surface area contributed by atoms with E-state index in [4.69, 9.17) is 10.3 Å². The minimum absolute atomic E-state index is 0.376. The second-order valence-corrected chi connectivity index (χ2v) is 4.52. The van der Waals surface area contributed by atoms with Gasteiger partial charge in [0.2, 0.25) is 0 Å². The van der Waals surface area contributed by atoms with Crippen LogP contribution in [0.2, 0.25) is 0 Å². The van der Waals surface area contributed by atoms with E-state index in [0.717, 1.165) is 11.4 Å². The fraction of sp³-hybridized carbons (Fsp3) is 0.0667. The third kappa shape index (κ3) is 2.70. The van der Waals surface area contributed by atoms with Crippen molar-refractivity contribution < 1.29 is 9.21 Å². The summed E-state index contributed by atoms with van der Waals surface area (Å²) < 4.78 is 7.34. The first-order valence-corrected chi connectivity index (χ1v) is 6.43. The van der Waals surface area contributed by atoms with Gasteiger partial charge in [-0.15, -0.1) is 0 Å². The van der Waals surface area contributed by atoms with Gasteiger partial charge in [-0.1, -0.05) is 30.3 Å². The molecule has 0 atom stereocenters. The lowest BCUT2D eigenvalue weighted by atomic mass is 10.2. The summed E-state index contributed by atoms with van der Waals surface area (Å²) in [4.78, 5) is 15.8. The molecular weight excluding hydrogens is 268 g/mol. The monoisotopic (exact) mass is 282 g/mol. The Bertz CT molecular complexity index is 746. The van der Waals surface area contributed by atoms with Crippen molar-refractivity contribution in [3.8, 4) is 11.4 Å². The fourth-order valence-corrected chi connectivity index (χ4v) is 2.12. The zero-order valence-electron chi connectivity index (χ0n) is 11.2. The number of rotatable bonds is 4. The zero-order chi connectivity index (χ0) is 14.7. The van der Waals surface area contributed by atoms with Gasteiger partial charge in [0.25, 0.3) is 5.91 Å². The number of nitrogens with zero attached hydrogens (tertiary/aromatic N) is 2. The van der Waals surface area contributed by atoms with Crippen LogP contribution in [-0.2, 0) is 6.54 Å². The third-order valence-corrected chi connectivity index (χ3v) is 3.12. The van der Waals surface area contributed by atoms with E-state index in [-0.39, 0.29) is 5.91 Å². The maximum Gasteiger partial charge on any atom is 0.268 e. The van der Waals surface area contributed by atoms with Crippen LogP contribution in [0.15, 0.2) is 59.5 Å². The van der Waals surface area contributed by atoms with E-state index in [9.17, 15) is 4.79 Å². The molecule has 0 fully saturated rings. The van der Waals surface area contributed by atoms with E-state index in [1.165, 1.54) is 6.26 Å². The number of nitrogens with one attached hydrogen (secondary N) is 1. The number of nitrogens with two attached hydrogens (primary N) is 1. The molecule has 3 N–H and O–H groups in total. The van der Waals surface area contributed by atoms with Crippen molar-refractivity contribution in [3.05, 3.63) is 66.4 Å². The van der Waals surface area contributed by atoms with Crippen LogP contribution in [0, 0.1) is 0 Å². The van der Waals surface area contributed by atoms with Gasteiger partial charge in [-0.25, -0.2) is 10.8 Å². The molecule has 3 rings (SSSR count). The van der Waals surface area contributed by atoms with Crippen LogP contribution in [0.4, 0.5) is 0 Å². The molecule has 0 saturated heterocycles. The van der Waals surface area contributed by atoms with Gasteiger partial charge in [0.05, 0.1) is 12.1 Å². The minimum atomic E-state index is -0.376. The molecule has 0 saturated carbocycles. The van der Waals surface area contributed by atoms with Gasteiger partial charge in [-0.3, -0.25) is 10.2 Å². The standard InChI is InChI=1S/C15H14N4O2/c16-18-15(20)12-8-13(21-10-12)9-19-7-6-17-14(19)11-4-2-1-3-5-11/h1-8,10H,9,16H2,(H,18,20). The van der Waals surface area contributed by atoms with Gasteiger partial charge in [0.1, 0.15) is 17.8 Å². The van der Waals surface area contributed by atoms with Crippen molar-refractivity contribution in [1.29, 1.82) is 0 Å². The molecule has 0 aliphatic carbocycles.